The Morgan fingerprint density at radius 1 is 1.42 bits per heavy atom. The zero-order chi connectivity index (χ0) is 13.9. The van der Waals surface area contributed by atoms with E-state index in [9.17, 15) is 0 Å². The van der Waals surface area contributed by atoms with Gasteiger partial charge in [-0.15, -0.1) is 5.10 Å². The molecule has 0 bridgehead atoms. The summed E-state index contributed by atoms with van der Waals surface area (Å²) in [4.78, 5) is 2.51. The summed E-state index contributed by atoms with van der Waals surface area (Å²) < 4.78 is 1.93. The predicted molar refractivity (Wildman–Crippen MR) is 77.0 cm³/mol. The molecule has 19 heavy (non-hydrogen) atoms. The van der Waals surface area contributed by atoms with Crippen molar-refractivity contribution in [1.29, 1.82) is 0 Å². The molecule has 2 heterocycles. The van der Waals surface area contributed by atoms with Crippen LogP contribution in [0, 0.1) is 0 Å². The number of rotatable bonds is 4. The van der Waals surface area contributed by atoms with E-state index < -0.39 is 0 Å². The van der Waals surface area contributed by atoms with Gasteiger partial charge >= 0.3 is 0 Å². The summed E-state index contributed by atoms with van der Waals surface area (Å²) in [6.45, 7) is 13.0. The van der Waals surface area contributed by atoms with Crippen LogP contribution < -0.4 is 5.32 Å². The van der Waals surface area contributed by atoms with Gasteiger partial charge in [-0.2, -0.15) is 0 Å². The highest BCUT2D eigenvalue weighted by Gasteiger charge is 2.19. The summed E-state index contributed by atoms with van der Waals surface area (Å²) in [6, 6.07) is 0.591. The monoisotopic (exact) mass is 265 g/mol. The van der Waals surface area contributed by atoms with Crippen molar-refractivity contribution in [3.05, 3.63) is 11.9 Å². The van der Waals surface area contributed by atoms with Crippen LogP contribution in [0.4, 0.5) is 0 Å². The van der Waals surface area contributed by atoms with E-state index in [-0.39, 0.29) is 5.54 Å². The summed E-state index contributed by atoms with van der Waals surface area (Å²) in [5.41, 5.74) is 1.04. The van der Waals surface area contributed by atoms with Crippen molar-refractivity contribution < 1.29 is 0 Å². The molecule has 1 unspecified atom stereocenters. The van der Waals surface area contributed by atoms with Gasteiger partial charge in [-0.1, -0.05) is 12.1 Å². The van der Waals surface area contributed by atoms with Crippen LogP contribution in [-0.4, -0.2) is 45.6 Å². The number of likely N-dealkylation sites (tertiary alicyclic amines) is 1. The molecule has 1 aromatic rings. The van der Waals surface area contributed by atoms with E-state index in [1.165, 1.54) is 19.4 Å². The average Bonchev–Trinajstić information content (AvgIpc) is 2.85. The lowest BCUT2D eigenvalue weighted by atomic mass is 10.1. The molecule has 1 aromatic heterocycles. The quantitative estimate of drug-likeness (QED) is 0.898. The Kier molecular flexibility index (Phi) is 4.58. The lowest BCUT2D eigenvalue weighted by molar-refractivity contribution is 0.198. The van der Waals surface area contributed by atoms with Gasteiger partial charge in [0.25, 0.3) is 0 Å². The Hall–Kier alpha value is -0.940. The van der Waals surface area contributed by atoms with Crippen molar-refractivity contribution in [2.24, 2.45) is 0 Å². The fraction of sp³-hybridized carbons (Fsp3) is 0.857. The number of hydrogen-bond acceptors (Lipinski definition) is 4. The van der Waals surface area contributed by atoms with Crippen molar-refractivity contribution in [1.82, 2.24) is 25.2 Å². The van der Waals surface area contributed by atoms with Crippen LogP contribution in [0.1, 0.15) is 46.2 Å². The summed E-state index contributed by atoms with van der Waals surface area (Å²) in [5.74, 6) is 0. The predicted octanol–water partition coefficient (Wildman–Crippen LogP) is 1.61. The Bertz CT molecular complexity index is 393. The van der Waals surface area contributed by atoms with Gasteiger partial charge in [-0.3, -0.25) is 0 Å². The molecule has 5 heteroatoms. The first-order valence-electron chi connectivity index (χ1n) is 7.36. The van der Waals surface area contributed by atoms with Gasteiger partial charge in [0, 0.05) is 19.1 Å². The molecule has 2 rings (SSSR count). The van der Waals surface area contributed by atoms with Crippen LogP contribution in [0.25, 0.3) is 0 Å². The van der Waals surface area contributed by atoms with Crippen molar-refractivity contribution in [3.63, 3.8) is 0 Å². The maximum Gasteiger partial charge on any atom is 0.0965 e. The number of aromatic nitrogens is 3. The van der Waals surface area contributed by atoms with Gasteiger partial charge in [0.15, 0.2) is 0 Å². The van der Waals surface area contributed by atoms with Gasteiger partial charge in [0.05, 0.1) is 17.4 Å². The summed E-state index contributed by atoms with van der Waals surface area (Å²) in [6.07, 6.45) is 4.61. The molecule has 0 aromatic carbocycles. The minimum Gasteiger partial charge on any atom is -0.307 e. The maximum absolute atomic E-state index is 4.24. The van der Waals surface area contributed by atoms with E-state index >= 15 is 0 Å². The third kappa shape index (κ3) is 4.01. The Morgan fingerprint density at radius 2 is 2.21 bits per heavy atom. The second-order valence-corrected chi connectivity index (χ2v) is 6.44. The molecule has 5 nitrogen and oxygen atoms in total. The van der Waals surface area contributed by atoms with Crippen molar-refractivity contribution in [2.45, 2.75) is 58.7 Å². The molecule has 0 aliphatic carbocycles. The molecule has 1 fully saturated rings. The second kappa shape index (κ2) is 6.01. The molecule has 1 N–H and O–H groups in total. The van der Waals surface area contributed by atoms with Gasteiger partial charge in [-0.25, -0.2) is 4.68 Å². The summed E-state index contributed by atoms with van der Waals surface area (Å²) in [5, 5.41) is 12.1. The first-order valence-corrected chi connectivity index (χ1v) is 7.36. The first-order chi connectivity index (χ1) is 8.99. The number of likely N-dealkylation sites (N-methyl/N-ethyl adjacent to an activating group) is 1. The molecular weight excluding hydrogens is 238 g/mol. The third-order valence-corrected chi connectivity index (χ3v) is 3.75. The van der Waals surface area contributed by atoms with Crippen LogP contribution in [-0.2, 0) is 12.1 Å². The zero-order valence-electron chi connectivity index (χ0n) is 12.7. The minimum absolute atomic E-state index is 0.00903. The summed E-state index contributed by atoms with van der Waals surface area (Å²) >= 11 is 0. The highest BCUT2D eigenvalue weighted by Crippen LogP contribution is 2.13. The molecule has 1 saturated heterocycles. The Labute approximate surface area is 116 Å². The fourth-order valence-electron chi connectivity index (χ4n) is 2.47. The molecule has 0 spiro atoms. The highest BCUT2D eigenvalue weighted by atomic mass is 15.4. The van der Waals surface area contributed by atoms with Gasteiger partial charge in [0.1, 0.15) is 0 Å². The van der Waals surface area contributed by atoms with Crippen molar-refractivity contribution >= 4 is 0 Å². The van der Waals surface area contributed by atoms with E-state index in [1.54, 1.807) is 0 Å². The fourth-order valence-corrected chi connectivity index (χ4v) is 2.47. The van der Waals surface area contributed by atoms with E-state index in [2.05, 4.69) is 48.2 Å². The van der Waals surface area contributed by atoms with Crippen molar-refractivity contribution in [2.75, 3.05) is 19.6 Å². The van der Waals surface area contributed by atoms with Crippen LogP contribution in [0.2, 0.25) is 0 Å². The van der Waals surface area contributed by atoms with Crippen LogP contribution in [0.15, 0.2) is 6.20 Å². The largest absolute Gasteiger partial charge is 0.307 e. The number of nitrogens with one attached hydrogen (secondary N) is 1. The van der Waals surface area contributed by atoms with Gasteiger partial charge in [0.2, 0.25) is 0 Å². The van der Waals surface area contributed by atoms with Gasteiger partial charge in [-0.05, 0) is 46.7 Å². The topological polar surface area (TPSA) is 46.0 Å². The molecule has 1 aliphatic heterocycles. The van der Waals surface area contributed by atoms with E-state index in [0.29, 0.717) is 6.04 Å². The third-order valence-electron chi connectivity index (χ3n) is 3.75. The normalized spacial score (nSPS) is 21.8. The van der Waals surface area contributed by atoms with E-state index in [4.69, 9.17) is 0 Å². The van der Waals surface area contributed by atoms with E-state index in [1.807, 2.05) is 10.9 Å². The lowest BCUT2D eigenvalue weighted by Crippen LogP contribution is -2.45. The number of hydrogen-bond donors (Lipinski definition) is 1. The Balaban J connectivity index is 1.83. The number of piperidine rings is 1. The maximum atomic E-state index is 4.24. The van der Waals surface area contributed by atoms with Crippen LogP contribution >= 0.6 is 0 Å². The molecule has 1 aliphatic rings. The SMILES string of the molecule is CCN1CCCC(NCc2cn(C(C)(C)C)nn2)C1. The second-order valence-electron chi connectivity index (χ2n) is 6.44. The molecule has 0 radical (unpaired) electrons. The minimum atomic E-state index is 0.00903. The molecule has 0 saturated carbocycles. The van der Waals surface area contributed by atoms with E-state index in [0.717, 1.165) is 25.3 Å². The molecule has 1 atom stereocenters. The first kappa shape index (κ1) is 14.5. The zero-order valence-corrected chi connectivity index (χ0v) is 12.7. The van der Waals surface area contributed by atoms with Crippen LogP contribution in [0.3, 0.4) is 0 Å². The molecule has 0 amide bonds. The highest BCUT2D eigenvalue weighted by molar-refractivity contribution is 4.95. The van der Waals surface area contributed by atoms with Gasteiger partial charge < -0.3 is 10.2 Å². The number of nitrogens with zero attached hydrogens (tertiary/aromatic N) is 4. The Morgan fingerprint density at radius 3 is 2.84 bits per heavy atom. The molecule has 108 valence electrons. The smallest absolute Gasteiger partial charge is 0.0965 e. The van der Waals surface area contributed by atoms with Crippen molar-refractivity contribution in [3.8, 4) is 0 Å². The van der Waals surface area contributed by atoms with Crippen LogP contribution in [0.5, 0.6) is 0 Å². The lowest BCUT2D eigenvalue weighted by Gasteiger charge is -2.32. The standard InChI is InChI=1S/C14H27N5/c1-5-18-8-6-7-12(10-18)15-9-13-11-19(17-16-13)14(2,3)4/h11-12,15H,5-10H2,1-4H3. The molecular formula is C14H27N5. The average molecular weight is 265 g/mol. The summed E-state index contributed by atoms with van der Waals surface area (Å²) in [7, 11) is 0.